The number of carbonyl (C=O) groups excluding carboxylic acids is 3. The zero-order chi connectivity index (χ0) is 25.9. The molecule has 2 saturated heterocycles. The van der Waals surface area contributed by atoms with Gasteiger partial charge in [-0.25, -0.2) is 0 Å². The number of aliphatic hydroxyl groups is 4. The van der Waals surface area contributed by atoms with Crippen molar-refractivity contribution in [3.63, 3.8) is 0 Å². The lowest BCUT2D eigenvalue weighted by Gasteiger charge is -2.67. The lowest BCUT2D eigenvalue weighted by Crippen LogP contribution is -2.83. The van der Waals surface area contributed by atoms with Crippen LogP contribution in [0.4, 0.5) is 0 Å². The smallest absolute Gasteiger partial charge is 0.303 e. The van der Waals surface area contributed by atoms with E-state index < -0.39 is 87.7 Å². The Morgan fingerprint density at radius 2 is 1.69 bits per heavy atom. The molecule has 3 saturated carbocycles. The van der Waals surface area contributed by atoms with Crippen LogP contribution < -0.4 is 0 Å². The van der Waals surface area contributed by atoms with Crippen molar-refractivity contribution in [1.82, 2.24) is 0 Å². The number of hydrogen-bond acceptors (Lipinski definition) is 11. The molecule has 0 aromatic rings. The number of Topliss-reactive ketones (excluding diaryl/α,β-unsaturated/α-hetero) is 1. The molecule has 5 fully saturated rings. The number of hydrogen-bond donors (Lipinski definition) is 4. The number of ether oxygens (including phenoxy) is 4. The van der Waals surface area contributed by atoms with Crippen molar-refractivity contribution in [2.75, 3.05) is 13.2 Å². The Morgan fingerprint density at radius 3 is 2.23 bits per heavy atom. The highest BCUT2D eigenvalue weighted by molar-refractivity contribution is 5.92. The highest BCUT2D eigenvalue weighted by atomic mass is 16.6. The first-order chi connectivity index (χ1) is 16.1. The second-order valence-corrected chi connectivity index (χ2v) is 11.6. The number of esters is 2. The average Bonchev–Trinajstić information content (AvgIpc) is 2.91. The molecular formula is C24H34O11. The van der Waals surface area contributed by atoms with Crippen LogP contribution in [-0.2, 0) is 33.3 Å². The van der Waals surface area contributed by atoms with Gasteiger partial charge in [-0.15, -0.1) is 0 Å². The third kappa shape index (κ3) is 2.64. The van der Waals surface area contributed by atoms with E-state index in [4.69, 9.17) is 18.9 Å². The Kier molecular flexibility index (Phi) is 5.17. The van der Waals surface area contributed by atoms with E-state index in [0.29, 0.717) is 0 Å². The van der Waals surface area contributed by atoms with Gasteiger partial charge in [-0.2, -0.15) is 0 Å². The Morgan fingerprint density at radius 1 is 1.03 bits per heavy atom. The Bertz CT molecular complexity index is 985. The molecule has 11 heteroatoms. The van der Waals surface area contributed by atoms with Crippen LogP contribution >= 0.6 is 0 Å². The van der Waals surface area contributed by atoms with Gasteiger partial charge in [0.15, 0.2) is 11.4 Å². The molecule has 0 radical (unpaired) electrons. The molecule has 4 N–H and O–H groups in total. The molecule has 3 aliphatic carbocycles. The molecule has 35 heavy (non-hydrogen) atoms. The van der Waals surface area contributed by atoms with Crippen LogP contribution in [-0.4, -0.2) is 98.7 Å². The first-order valence-electron chi connectivity index (χ1n) is 12.0. The maximum Gasteiger partial charge on any atom is 0.303 e. The van der Waals surface area contributed by atoms with E-state index in [2.05, 4.69) is 0 Å². The summed E-state index contributed by atoms with van der Waals surface area (Å²) in [5.41, 5.74) is -8.46. The van der Waals surface area contributed by atoms with Gasteiger partial charge in [-0.05, 0) is 26.2 Å². The van der Waals surface area contributed by atoms with Gasteiger partial charge in [0.25, 0.3) is 0 Å². The molecule has 2 aliphatic heterocycles. The molecule has 196 valence electrons. The summed E-state index contributed by atoms with van der Waals surface area (Å²) < 4.78 is 22.9. The summed E-state index contributed by atoms with van der Waals surface area (Å²) >= 11 is 0. The standard InChI is InChI=1S/C24H34O11/c1-10(25)34-14-7-15-23(9-32-15,35-11(2)26)17-16(28)12-6-13(27)22(5)24(31,20(12,3)8-33-22)19(30)18(29)21(14,17)4/h12-17,19,27-28,30-31H,6-9H2,1-5H3/t12-,13-,14-,15+,16+,17-,19-,20-,21+,22?,23-,24-/m0/s1. The van der Waals surface area contributed by atoms with Gasteiger partial charge in [0.05, 0.1) is 30.8 Å². The summed E-state index contributed by atoms with van der Waals surface area (Å²) in [4.78, 5) is 38.5. The second kappa shape index (κ2) is 7.23. The van der Waals surface area contributed by atoms with E-state index in [1.165, 1.54) is 27.7 Å². The highest BCUT2D eigenvalue weighted by Crippen LogP contribution is 2.67. The SMILES string of the molecule is CC(=O)O[C@H]1C[C@H]2OC[C@@]2(OC(C)=O)[C@H]2[C@H](O)[C@@H]3C[C@H](O)C4(C)OC[C@]3(C)[C@@]4(O)[C@@H](O)C(=O)[C@]12C. The van der Waals surface area contributed by atoms with Crippen LogP contribution in [0.5, 0.6) is 0 Å². The monoisotopic (exact) mass is 498 g/mol. The summed E-state index contributed by atoms with van der Waals surface area (Å²) in [5, 5.41) is 46.8. The van der Waals surface area contributed by atoms with Crippen molar-refractivity contribution in [3.05, 3.63) is 0 Å². The maximum atomic E-state index is 14.3. The van der Waals surface area contributed by atoms with E-state index in [1.807, 2.05) is 0 Å². The van der Waals surface area contributed by atoms with Crippen molar-refractivity contribution in [3.8, 4) is 0 Å². The zero-order valence-corrected chi connectivity index (χ0v) is 20.5. The maximum absolute atomic E-state index is 14.3. The zero-order valence-electron chi connectivity index (χ0n) is 20.5. The summed E-state index contributed by atoms with van der Waals surface area (Å²) in [6.07, 6.45) is -6.69. The van der Waals surface area contributed by atoms with E-state index in [0.717, 1.165) is 0 Å². The molecule has 0 aromatic heterocycles. The molecular weight excluding hydrogens is 464 g/mol. The minimum absolute atomic E-state index is 0.00384. The van der Waals surface area contributed by atoms with Gasteiger partial charge >= 0.3 is 11.9 Å². The van der Waals surface area contributed by atoms with Gasteiger partial charge in [0.2, 0.25) is 0 Å². The predicted octanol–water partition coefficient (Wildman–Crippen LogP) is -1.14. The molecule has 0 amide bonds. The Hall–Kier alpha value is -1.63. The summed E-state index contributed by atoms with van der Waals surface area (Å²) in [6, 6.07) is 0. The molecule has 4 bridgehead atoms. The lowest BCUT2D eigenvalue weighted by atomic mass is 9.42. The van der Waals surface area contributed by atoms with Crippen molar-refractivity contribution < 1.29 is 53.8 Å². The number of carbonyl (C=O) groups is 3. The highest BCUT2D eigenvalue weighted by Gasteiger charge is 2.83. The van der Waals surface area contributed by atoms with Crippen LogP contribution in [0.1, 0.15) is 47.5 Å². The van der Waals surface area contributed by atoms with Gasteiger partial charge in [0, 0.05) is 31.6 Å². The normalized spacial score (nSPS) is 56.6. The van der Waals surface area contributed by atoms with Crippen molar-refractivity contribution in [1.29, 1.82) is 0 Å². The summed E-state index contributed by atoms with van der Waals surface area (Å²) in [7, 11) is 0. The van der Waals surface area contributed by atoms with Crippen molar-refractivity contribution in [2.45, 2.75) is 94.8 Å². The molecule has 12 atom stereocenters. The fourth-order valence-corrected chi connectivity index (χ4v) is 8.19. The first-order valence-corrected chi connectivity index (χ1v) is 12.0. The average molecular weight is 499 g/mol. The molecule has 0 spiro atoms. The van der Waals surface area contributed by atoms with Crippen LogP contribution in [0.2, 0.25) is 0 Å². The second-order valence-electron chi connectivity index (χ2n) is 11.6. The molecule has 0 aromatic carbocycles. The first kappa shape index (κ1) is 25.0. The minimum Gasteiger partial charge on any atom is -0.461 e. The van der Waals surface area contributed by atoms with Gasteiger partial charge in [-0.1, -0.05) is 6.92 Å². The Balaban J connectivity index is 1.77. The third-order valence-corrected chi connectivity index (χ3v) is 10.1. The van der Waals surface area contributed by atoms with Crippen LogP contribution in [0.3, 0.4) is 0 Å². The topological polar surface area (TPSA) is 169 Å². The van der Waals surface area contributed by atoms with Gasteiger partial charge in [0.1, 0.15) is 29.5 Å². The summed E-state index contributed by atoms with van der Waals surface area (Å²) in [5.74, 6) is -4.24. The summed E-state index contributed by atoms with van der Waals surface area (Å²) in [6.45, 7) is 6.71. The Labute approximate surface area is 202 Å². The van der Waals surface area contributed by atoms with Crippen LogP contribution in [0.15, 0.2) is 0 Å². The van der Waals surface area contributed by atoms with E-state index in [-0.39, 0.29) is 26.1 Å². The van der Waals surface area contributed by atoms with E-state index in [9.17, 15) is 34.8 Å². The minimum atomic E-state index is -2.25. The molecule has 1 unspecified atom stereocenters. The molecule has 5 rings (SSSR count). The number of rotatable bonds is 2. The fraction of sp³-hybridized carbons (Fsp3) is 0.875. The lowest BCUT2D eigenvalue weighted by molar-refractivity contribution is -0.348. The fourth-order valence-electron chi connectivity index (χ4n) is 8.19. The number of ketones is 1. The third-order valence-electron chi connectivity index (χ3n) is 10.1. The molecule has 5 aliphatic rings. The van der Waals surface area contributed by atoms with Gasteiger partial charge in [-0.3, -0.25) is 14.4 Å². The van der Waals surface area contributed by atoms with Crippen LogP contribution in [0.25, 0.3) is 0 Å². The predicted molar refractivity (Wildman–Crippen MR) is 115 cm³/mol. The molecule has 11 nitrogen and oxygen atoms in total. The largest absolute Gasteiger partial charge is 0.461 e. The van der Waals surface area contributed by atoms with Gasteiger partial charge < -0.3 is 39.4 Å². The van der Waals surface area contributed by atoms with Crippen LogP contribution in [0, 0.1) is 22.7 Å². The number of fused-ring (bicyclic) bond motifs is 3. The van der Waals surface area contributed by atoms with Crippen molar-refractivity contribution in [2.24, 2.45) is 22.7 Å². The van der Waals surface area contributed by atoms with E-state index in [1.54, 1.807) is 6.92 Å². The number of aliphatic hydroxyl groups excluding tert-OH is 3. The molecule has 2 heterocycles. The van der Waals surface area contributed by atoms with E-state index >= 15 is 0 Å². The quantitative estimate of drug-likeness (QED) is 0.339. The van der Waals surface area contributed by atoms with Crippen molar-refractivity contribution >= 4 is 17.7 Å².